The molecule has 0 spiro atoms. The Morgan fingerprint density at radius 3 is 2.83 bits per heavy atom. The molecule has 102 valence electrons. The van der Waals surface area contributed by atoms with Crippen molar-refractivity contribution in [2.24, 2.45) is 5.92 Å². The molecule has 1 heterocycles. The number of nitrogens with zero attached hydrogens (tertiary/aromatic N) is 3. The summed E-state index contributed by atoms with van der Waals surface area (Å²) in [5, 5.41) is 3.44. The lowest BCUT2D eigenvalue weighted by Crippen LogP contribution is -2.25. The summed E-state index contributed by atoms with van der Waals surface area (Å²) in [5.74, 6) is 1.66. The second kappa shape index (κ2) is 5.74. The van der Waals surface area contributed by atoms with Crippen LogP contribution in [-0.2, 0) is 6.54 Å². The summed E-state index contributed by atoms with van der Waals surface area (Å²) in [6, 6.07) is 0.835. The maximum absolute atomic E-state index is 4.55. The van der Waals surface area contributed by atoms with Crippen LogP contribution in [0.15, 0.2) is 6.20 Å². The minimum absolute atomic E-state index is 0.643. The van der Waals surface area contributed by atoms with E-state index in [4.69, 9.17) is 0 Å². The smallest absolute Gasteiger partial charge is 0.203 e. The molecule has 4 heteroatoms. The molecule has 0 aliphatic heterocycles. The van der Waals surface area contributed by atoms with Crippen molar-refractivity contribution in [3.8, 4) is 0 Å². The molecule has 1 aromatic rings. The van der Waals surface area contributed by atoms with Crippen LogP contribution in [0.4, 0.5) is 5.95 Å². The molecule has 0 unspecified atom stereocenters. The lowest BCUT2D eigenvalue weighted by atomic mass is 10.2. The van der Waals surface area contributed by atoms with Gasteiger partial charge in [-0.1, -0.05) is 13.8 Å². The van der Waals surface area contributed by atoms with E-state index in [2.05, 4.69) is 53.8 Å². The van der Waals surface area contributed by atoms with E-state index >= 15 is 0 Å². The number of imidazole rings is 1. The van der Waals surface area contributed by atoms with Crippen LogP contribution in [0.2, 0.25) is 0 Å². The SMILES string of the molecule is Cc1cn(CCN(C)C2CC2)c(NCC(C)C)n1. The molecule has 0 amide bonds. The molecule has 1 aromatic heterocycles. The Morgan fingerprint density at radius 2 is 2.22 bits per heavy atom. The van der Waals surface area contributed by atoms with Crippen molar-refractivity contribution < 1.29 is 0 Å². The number of rotatable bonds is 7. The quantitative estimate of drug-likeness (QED) is 0.806. The molecule has 0 aromatic carbocycles. The van der Waals surface area contributed by atoms with Crippen molar-refractivity contribution in [2.45, 2.75) is 46.2 Å². The summed E-state index contributed by atoms with van der Waals surface area (Å²) in [5.41, 5.74) is 1.09. The Balaban J connectivity index is 1.89. The fourth-order valence-corrected chi connectivity index (χ4v) is 2.12. The fourth-order valence-electron chi connectivity index (χ4n) is 2.12. The molecule has 2 rings (SSSR count). The van der Waals surface area contributed by atoms with Crippen LogP contribution in [0.5, 0.6) is 0 Å². The molecule has 0 radical (unpaired) electrons. The van der Waals surface area contributed by atoms with E-state index < -0.39 is 0 Å². The zero-order valence-corrected chi connectivity index (χ0v) is 12.1. The lowest BCUT2D eigenvalue weighted by Gasteiger charge is -2.17. The van der Waals surface area contributed by atoms with Gasteiger partial charge in [0.05, 0.1) is 5.69 Å². The number of aromatic nitrogens is 2. The molecule has 0 saturated heterocycles. The van der Waals surface area contributed by atoms with Crippen LogP contribution < -0.4 is 5.32 Å². The molecule has 18 heavy (non-hydrogen) atoms. The number of nitrogens with one attached hydrogen (secondary N) is 1. The highest BCUT2D eigenvalue weighted by Crippen LogP contribution is 2.25. The van der Waals surface area contributed by atoms with E-state index in [1.807, 2.05) is 0 Å². The molecular formula is C14H26N4. The zero-order chi connectivity index (χ0) is 13.1. The standard InChI is InChI=1S/C14H26N4/c1-11(2)9-15-14-16-12(3)10-18(14)8-7-17(4)13-5-6-13/h10-11,13H,5-9H2,1-4H3,(H,15,16). The fraction of sp³-hybridized carbons (Fsp3) is 0.786. The van der Waals surface area contributed by atoms with Gasteiger partial charge in [-0.15, -0.1) is 0 Å². The topological polar surface area (TPSA) is 33.1 Å². The van der Waals surface area contributed by atoms with Crippen LogP contribution in [0.3, 0.4) is 0 Å². The first kappa shape index (κ1) is 13.4. The van der Waals surface area contributed by atoms with E-state index in [0.717, 1.165) is 37.3 Å². The predicted octanol–water partition coefficient (Wildman–Crippen LogP) is 2.35. The molecule has 1 aliphatic carbocycles. The Hall–Kier alpha value is -1.03. The maximum Gasteiger partial charge on any atom is 0.203 e. The van der Waals surface area contributed by atoms with E-state index in [1.165, 1.54) is 12.8 Å². The number of anilines is 1. The summed E-state index contributed by atoms with van der Waals surface area (Å²) in [6.45, 7) is 9.60. The monoisotopic (exact) mass is 250 g/mol. The van der Waals surface area contributed by atoms with E-state index in [-0.39, 0.29) is 0 Å². The third-order valence-electron chi connectivity index (χ3n) is 3.43. The van der Waals surface area contributed by atoms with Crippen LogP contribution in [-0.4, -0.2) is 40.6 Å². The van der Waals surface area contributed by atoms with Gasteiger partial charge in [0.1, 0.15) is 0 Å². The summed E-state index contributed by atoms with van der Waals surface area (Å²) >= 11 is 0. The average molecular weight is 250 g/mol. The molecule has 1 N–H and O–H groups in total. The molecule has 1 aliphatic rings. The predicted molar refractivity (Wildman–Crippen MR) is 75.9 cm³/mol. The van der Waals surface area contributed by atoms with Gasteiger partial charge in [0.2, 0.25) is 5.95 Å². The molecule has 1 fully saturated rings. The zero-order valence-electron chi connectivity index (χ0n) is 12.1. The van der Waals surface area contributed by atoms with Gasteiger partial charge >= 0.3 is 0 Å². The van der Waals surface area contributed by atoms with Crippen molar-refractivity contribution in [3.63, 3.8) is 0 Å². The van der Waals surface area contributed by atoms with Gasteiger partial charge in [-0.3, -0.25) is 0 Å². The summed E-state index contributed by atoms with van der Waals surface area (Å²) < 4.78 is 2.25. The van der Waals surface area contributed by atoms with Crippen molar-refractivity contribution in [1.29, 1.82) is 0 Å². The number of hydrogen-bond acceptors (Lipinski definition) is 3. The third-order valence-corrected chi connectivity index (χ3v) is 3.43. The minimum atomic E-state index is 0.643. The first-order valence-corrected chi connectivity index (χ1v) is 7.04. The summed E-state index contributed by atoms with van der Waals surface area (Å²) in [6.07, 6.45) is 4.89. The second-order valence-corrected chi connectivity index (χ2v) is 5.89. The van der Waals surface area contributed by atoms with Gasteiger partial charge in [-0.05, 0) is 32.7 Å². The second-order valence-electron chi connectivity index (χ2n) is 5.89. The highest BCUT2D eigenvalue weighted by molar-refractivity contribution is 5.28. The van der Waals surface area contributed by atoms with Crippen LogP contribution in [0, 0.1) is 12.8 Å². The van der Waals surface area contributed by atoms with Gasteiger partial charge in [-0.2, -0.15) is 0 Å². The van der Waals surface area contributed by atoms with Gasteiger partial charge in [0.15, 0.2) is 0 Å². The molecule has 4 nitrogen and oxygen atoms in total. The Kier molecular flexibility index (Phi) is 4.27. The van der Waals surface area contributed by atoms with E-state index in [0.29, 0.717) is 5.92 Å². The Labute approximate surface area is 110 Å². The van der Waals surface area contributed by atoms with Gasteiger partial charge in [0.25, 0.3) is 0 Å². The lowest BCUT2D eigenvalue weighted by molar-refractivity contribution is 0.310. The van der Waals surface area contributed by atoms with Crippen molar-refractivity contribution >= 4 is 5.95 Å². The number of likely N-dealkylation sites (N-methyl/N-ethyl adjacent to an activating group) is 1. The maximum atomic E-state index is 4.55. The molecule has 1 saturated carbocycles. The average Bonchev–Trinajstić information content (AvgIpc) is 3.08. The number of hydrogen-bond donors (Lipinski definition) is 1. The van der Waals surface area contributed by atoms with Gasteiger partial charge in [-0.25, -0.2) is 4.98 Å². The van der Waals surface area contributed by atoms with E-state index in [1.54, 1.807) is 0 Å². The first-order valence-electron chi connectivity index (χ1n) is 7.04. The number of aryl methyl sites for hydroxylation is 1. The molecular weight excluding hydrogens is 224 g/mol. The van der Waals surface area contributed by atoms with Crippen molar-refractivity contribution in [1.82, 2.24) is 14.5 Å². The van der Waals surface area contributed by atoms with Crippen molar-refractivity contribution in [3.05, 3.63) is 11.9 Å². The summed E-state index contributed by atoms with van der Waals surface area (Å²) in [4.78, 5) is 7.01. The van der Waals surface area contributed by atoms with Gasteiger partial charge < -0.3 is 14.8 Å². The van der Waals surface area contributed by atoms with Crippen LogP contribution >= 0.6 is 0 Å². The third kappa shape index (κ3) is 3.73. The molecule has 0 bridgehead atoms. The van der Waals surface area contributed by atoms with Gasteiger partial charge in [0, 0.05) is 31.9 Å². The highest BCUT2D eigenvalue weighted by atomic mass is 15.2. The van der Waals surface area contributed by atoms with E-state index in [9.17, 15) is 0 Å². The first-order chi connectivity index (χ1) is 8.56. The van der Waals surface area contributed by atoms with Crippen molar-refractivity contribution in [2.75, 3.05) is 25.5 Å². The molecule has 0 atom stereocenters. The normalized spacial score (nSPS) is 15.7. The Morgan fingerprint density at radius 1 is 1.50 bits per heavy atom. The highest BCUT2D eigenvalue weighted by Gasteiger charge is 2.25. The van der Waals surface area contributed by atoms with Crippen LogP contribution in [0.25, 0.3) is 0 Å². The largest absolute Gasteiger partial charge is 0.355 e. The summed E-state index contributed by atoms with van der Waals surface area (Å²) in [7, 11) is 2.22. The minimum Gasteiger partial charge on any atom is -0.355 e. The van der Waals surface area contributed by atoms with Crippen LogP contribution in [0.1, 0.15) is 32.4 Å². The Bertz CT molecular complexity index is 379.